The maximum Gasteiger partial charge on any atom is 0.329 e. The van der Waals surface area contributed by atoms with E-state index in [-0.39, 0.29) is 5.96 Å². The summed E-state index contributed by atoms with van der Waals surface area (Å²) in [7, 11) is 0. The van der Waals surface area contributed by atoms with Crippen molar-refractivity contribution in [2.75, 3.05) is 13.2 Å². The molecule has 17 heavy (non-hydrogen) atoms. The maximum atomic E-state index is 10.2. The van der Waals surface area contributed by atoms with Gasteiger partial charge in [0.2, 0.25) is 0 Å². The molecule has 0 aromatic heterocycles. The van der Waals surface area contributed by atoms with E-state index in [0.29, 0.717) is 19.4 Å². The number of carbonyl (C=O) groups is 2. The second-order valence-electron chi connectivity index (χ2n) is 2.95. The average Bonchev–Trinajstić information content (AvgIpc) is 2.24. The Labute approximate surface area is 97.9 Å². The van der Waals surface area contributed by atoms with Crippen molar-refractivity contribution in [3.05, 3.63) is 0 Å². The molecule has 0 rings (SSSR count). The highest BCUT2D eigenvalue weighted by atomic mass is 16.4. The number of rotatable bonds is 6. The molecule has 0 aromatic carbocycles. The van der Waals surface area contributed by atoms with Crippen LogP contribution in [0, 0.1) is 0 Å². The molecule has 0 aliphatic carbocycles. The van der Waals surface area contributed by atoms with Gasteiger partial charge in [-0.05, 0) is 12.8 Å². The molecule has 0 unspecified atom stereocenters. The predicted octanol–water partition coefficient (Wildman–Crippen LogP) is -2.48. The summed E-state index contributed by atoms with van der Waals surface area (Å²) in [4.78, 5) is 23.0. The molecule has 9 nitrogen and oxygen atoms in total. The number of aliphatic imine (C=N–C) groups is 1. The van der Waals surface area contributed by atoms with Crippen molar-refractivity contribution in [1.82, 2.24) is 0 Å². The number of hydrogen-bond donors (Lipinski definition) is 6. The lowest BCUT2D eigenvalue weighted by Gasteiger charge is -2.03. The Morgan fingerprint density at radius 2 is 1.71 bits per heavy atom. The van der Waals surface area contributed by atoms with Crippen molar-refractivity contribution in [3.63, 3.8) is 0 Å². The van der Waals surface area contributed by atoms with E-state index >= 15 is 0 Å². The van der Waals surface area contributed by atoms with Crippen molar-refractivity contribution < 1.29 is 24.9 Å². The molecule has 9 N–H and O–H groups in total. The Balaban J connectivity index is 0. The van der Waals surface area contributed by atoms with Crippen molar-refractivity contribution in [2.24, 2.45) is 22.2 Å². The third-order valence-electron chi connectivity index (χ3n) is 1.42. The highest BCUT2D eigenvalue weighted by molar-refractivity contribution is 5.75. The minimum atomic E-state index is -1.19. The van der Waals surface area contributed by atoms with Crippen LogP contribution >= 0.6 is 0 Å². The predicted molar refractivity (Wildman–Crippen MR) is 60.2 cm³/mol. The maximum absolute atomic E-state index is 10.2. The second-order valence-corrected chi connectivity index (χ2v) is 2.95. The molecule has 0 heterocycles. The van der Waals surface area contributed by atoms with Crippen LogP contribution in [0.2, 0.25) is 0 Å². The van der Waals surface area contributed by atoms with Gasteiger partial charge in [-0.15, -0.1) is 0 Å². The number of carboxylic acid groups (broad SMARTS) is 2. The zero-order valence-electron chi connectivity index (χ0n) is 9.24. The van der Waals surface area contributed by atoms with E-state index in [1.165, 1.54) is 0 Å². The zero-order chi connectivity index (χ0) is 13.8. The van der Waals surface area contributed by atoms with Gasteiger partial charge in [-0.3, -0.25) is 9.79 Å². The van der Waals surface area contributed by atoms with Crippen molar-refractivity contribution in [3.8, 4) is 0 Å². The van der Waals surface area contributed by atoms with Crippen LogP contribution in [0.3, 0.4) is 0 Å². The number of nitrogens with zero attached hydrogens (tertiary/aromatic N) is 1. The van der Waals surface area contributed by atoms with E-state index in [1.807, 2.05) is 0 Å². The fraction of sp³-hybridized carbons (Fsp3) is 0.625. The molecule has 0 saturated heterocycles. The van der Waals surface area contributed by atoms with Gasteiger partial charge < -0.3 is 32.5 Å². The van der Waals surface area contributed by atoms with Crippen molar-refractivity contribution in [2.45, 2.75) is 18.9 Å². The molecule has 0 aliphatic rings. The first-order valence-corrected chi connectivity index (χ1v) is 4.67. The third kappa shape index (κ3) is 16.8. The first-order chi connectivity index (χ1) is 7.81. The molecule has 9 heteroatoms. The molecule has 0 amide bonds. The molecule has 0 spiro atoms. The largest absolute Gasteiger partial charge is 0.480 e. The first-order valence-electron chi connectivity index (χ1n) is 4.67. The monoisotopic (exact) mass is 250 g/mol. The zero-order valence-corrected chi connectivity index (χ0v) is 9.24. The summed E-state index contributed by atoms with van der Waals surface area (Å²) in [6.45, 7) is -0.358. The fourth-order valence-corrected chi connectivity index (χ4v) is 0.643. The quantitative estimate of drug-likeness (QED) is 0.170. The lowest BCUT2D eigenvalue weighted by molar-refractivity contribution is -0.140. The highest BCUT2D eigenvalue weighted by Gasteiger charge is 2.09. The average molecular weight is 250 g/mol. The fourth-order valence-electron chi connectivity index (χ4n) is 0.643. The normalized spacial score (nSPS) is 10.7. The molecule has 0 aromatic rings. The molecule has 100 valence electrons. The van der Waals surface area contributed by atoms with Crippen LogP contribution in [-0.4, -0.2) is 52.4 Å². The Bertz CT molecular complexity index is 265. The van der Waals surface area contributed by atoms with Crippen molar-refractivity contribution in [1.29, 1.82) is 0 Å². The van der Waals surface area contributed by atoms with Crippen LogP contribution in [0.15, 0.2) is 4.99 Å². The van der Waals surface area contributed by atoms with E-state index in [4.69, 9.17) is 37.3 Å². The number of aliphatic hydroxyl groups is 1. The Kier molecular flexibility index (Phi) is 11.0. The van der Waals surface area contributed by atoms with E-state index in [1.54, 1.807) is 0 Å². The molecule has 1 atom stereocenters. The SMILES string of the molecule is NC(N)=NCCC[C@H](N)C(=O)O.O=C(O)CO. The third-order valence-corrected chi connectivity index (χ3v) is 1.42. The molecule has 0 bridgehead atoms. The van der Waals surface area contributed by atoms with Gasteiger partial charge in [0.05, 0.1) is 0 Å². The van der Waals surface area contributed by atoms with Crippen LogP contribution in [0.4, 0.5) is 0 Å². The summed E-state index contributed by atoms with van der Waals surface area (Å²) in [5.74, 6) is -2.18. The standard InChI is InChI=1S/C6H14N4O2.C2H4O3/c7-4(5(11)12)2-1-3-10-6(8)9;3-1-2(4)5/h4H,1-3,7H2,(H,11,12)(H4,8,9,10);3H,1H2,(H,4,5)/t4-;/m0./s1. The van der Waals surface area contributed by atoms with Gasteiger partial charge in [0, 0.05) is 6.54 Å². The molecule has 0 radical (unpaired) electrons. The summed E-state index contributed by atoms with van der Waals surface area (Å²) in [5.41, 5.74) is 15.3. The number of guanidine groups is 1. The van der Waals surface area contributed by atoms with E-state index in [0.717, 1.165) is 0 Å². The van der Waals surface area contributed by atoms with Gasteiger partial charge in [0.1, 0.15) is 12.6 Å². The van der Waals surface area contributed by atoms with Gasteiger partial charge in [0.25, 0.3) is 0 Å². The summed E-state index contributed by atoms with van der Waals surface area (Å²) >= 11 is 0. The topological polar surface area (TPSA) is 185 Å². The summed E-state index contributed by atoms with van der Waals surface area (Å²) in [6, 6.07) is -0.820. The van der Waals surface area contributed by atoms with Crippen LogP contribution < -0.4 is 17.2 Å². The molecule has 0 fully saturated rings. The smallest absolute Gasteiger partial charge is 0.329 e. The molecule has 0 saturated carbocycles. The number of hydrogen-bond acceptors (Lipinski definition) is 5. The van der Waals surface area contributed by atoms with Crippen LogP contribution in [0.25, 0.3) is 0 Å². The van der Waals surface area contributed by atoms with Gasteiger partial charge in [-0.1, -0.05) is 0 Å². The number of nitrogens with two attached hydrogens (primary N) is 3. The summed E-state index contributed by atoms with van der Waals surface area (Å²) < 4.78 is 0. The lowest BCUT2D eigenvalue weighted by Crippen LogP contribution is -2.30. The van der Waals surface area contributed by atoms with E-state index in [9.17, 15) is 4.79 Å². The number of carboxylic acids is 2. The van der Waals surface area contributed by atoms with E-state index < -0.39 is 24.6 Å². The van der Waals surface area contributed by atoms with Crippen LogP contribution in [-0.2, 0) is 9.59 Å². The van der Waals surface area contributed by atoms with Crippen molar-refractivity contribution >= 4 is 17.9 Å². The van der Waals surface area contributed by atoms with Gasteiger partial charge in [-0.2, -0.15) is 0 Å². The van der Waals surface area contributed by atoms with Gasteiger partial charge >= 0.3 is 11.9 Å². The first kappa shape index (κ1) is 17.5. The van der Waals surface area contributed by atoms with Gasteiger partial charge in [-0.25, -0.2) is 4.79 Å². The Morgan fingerprint density at radius 3 is 2.00 bits per heavy atom. The van der Waals surface area contributed by atoms with Gasteiger partial charge in [0.15, 0.2) is 5.96 Å². The summed E-state index contributed by atoms with van der Waals surface area (Å²) in [6.07, 6.45) is 0.956. The second kappa shape index (κ2) is 10.6. The molecule has 0 aliphatic heterocycles. The number of aliphatic carboxylic acids is 2. The summed E-state index contributed by atoms with van der Waals surface area (Å²) in [5, 5.41) is 23.4. The van der Waals surface area contributed by atoms with Crippen LogP contribution in [0.1, 0.15) is 12.8 Å². The highest BCUT2D eigenvalue weighted by Crippen LogP contribution is 1.94. The molecular weight excluding hydrogens is 232 g/mol. The Morgan fingerprint density at radius 1 is 1.24 bits per heavy atom. The minimum absolute atomic E-state index is 0.0129. The van der Waals surface area contributed by atoms with E-state index in [2.05, 4.69) is 4.99 Å². The lowest BCUT2D eigenvalue weighted by atomic mass is 10.2. The Hall–Kier alpha value is -1.87. The number of aliphatic hydroxyl groups excluding tert-OH is 1. The molecular formula is C8H18N4O5. The minimum Gasteiger partial charge on any atom is -0.480 e. The van der Waals surface area contributed by atoms with Crippen LogP contribution in [0.5, 0.6) is 0 Å².